The van der Waals surface area contributed by atoms with Crippen molar-refractivity contribution in [2.75, 3.05) is 32.7 Å². The zero-order valence-corrected chi connectivity index (χ0v) is 14.8. The Hall–Kier alpha value is -2.24. The van der Waals surface area contributed by atoms with Crippen molar-refractivity contribution < 1.29 is 9.18 Å². The monoisotopic (exact) mass is 353 g/mol. The second-order valence-corrected chi connectivity index (χ2v) is 7.08. The van der Waals surface area contributed by atoms with Gasteiger partial charge in [-0.15, -0.1) is 0 Å². The summed E-state index contributed by atoms with van der Waals surface area (Å²) < 4.78 is 13.6. The Bertz CT molecular complexity index is 794. The standard InChI is InChI=1S/C21H24FN3O/c22-19-7-3-6-17(12-19)20-13-23-9-11-24(20)15-21(26)25-10-8-16-4-1-2-5-18(16)14-25/h1-7,12,20,23H,8-11,13-15H2. The molecule has 0 bridgehead atoms. The van der Waals surface area contributed by atoms with Crippen LogP contribution in [-0.2, 0) is 17.8 Å². The minimum absolute atomic E-state index is 0.0282. The van der Waals surface area contributed by atoms with Gasteiger partial charge in [-0.25, -0.2) is 4.39 Å². The van der Waals surface area contributed by atoms with Crippen molar-refractivity contribution in [2.24, 2.45) is 0 Å². The van der Waals surface area contributed by atoms with E-state index in [0.717, 1.165) is 38.2 Å². The zero-order chi connectivity index (χ0) is 17.9. The lowest BCUT2D eigenvalue weighted by atomic mass is 9.99. The van der Waals surface area contributed by atoms with Gasteiger partial charge in [0.15, 0.2) is 0 Å². The fourth-order valence-electron chi connectivity index (χ4n) is 3.96. The summed E-state index contributed by atoms with van der Waals surface area (Å²) in [5.74, 6) is -0.0743. The van der Waals surface area contributed by atoms with Gasteiger partial charge in [-0.05, 0) is 35.2 Å². The highest BCUT2D eigenvalue weighted by Crippen LogP contribution is 2.24. The first-order valence-corrected chi connectivity index (χ1v) is 9.25. The molecule has 0 spiro atoms. The quantitative estimate of drug-likeness (QED) is 0.920. The van der Waals surface area contributed by atoms with Crippen LogP contribution in [-0.4, -0.2) is 48.4 Å². The third-order valence-corrected chi connectivity index (χ3v) is 5.41. The third-order valence-electron chi connectivity index (χ3n) is 5.41. The highest BCUT2D eigenvalue weighted by atomic mass is 19.1. The molecule has 1 saturated heterocycles. The normalized spacial score (nSPS) is 20.7. The SMILES string of the molecule is O=C(CN1CCNCC1c1cccc(F)c1)N1CCc2ccccc2C1. The van der Waals surface area contributed by atoms with E-state index in [2.05, 4.69) is 28.4 Å². The Morgan fingerprint density at radius 1 is 1.12 bits per heavy atom. The first-order valence-electron chi connectivity index (χ1n) is 9.25. The summed E-state index contributed by atoms with van der Waals surface area (Å²) in [5.41, 5.74) is 3.51. The zero-order valence-electron chi connectivity index (χ0n) is 14.8. The largest absolute Gasteiger partial charge is 0.337 e. The van der Waals surface area contributed by atoms with Crippen molar-refractivity contribution in [2.45, 2.75) is 19.0 Å². The Labute approximate surface area is 153 Å². The minimum atomic E-state index is -0.230. The Balaban J connectivity index is 1.46. The van der Waals surface area contributed by atoms with Crippen molar-refractivity contribution >= 4 is 5.91 Å². The molecule has 4 rings (SSSR count). The number of carbonyl (C=O) groups excluding carboxylic acids is 1. The Morgan fingerprint density at radius 3 is 2.81 bits per heavy atom. The van der Waals surface area contributed by atoms with E-state index in [4.69, 9.17) is 0 Å². The van der Waals surface area contributed by atoms with Crippen LogP contribution in [0.15, 0.2) is 48.5 Å². The number of hydrogen-bond donors (Lipinski definition) is 1. The molecule has 0 radical (unpaired) electrons. The summed E-state index contributed by atoms with van der Waals surface area (Å²) in [4.78, 5) is 17.0. The Kier molecular flexibility index (Phi) is 5.00. The molecule has 2 aliphatic heterocycles. The smallest absolute Gasteiger partial charge is 0.237 e. The van der Waals surface area contributed by atoms with Gasteiger partial charge in [0, 0.05) is 38.8 Å². The van der Waals surface area contributed by atoms with Crippen LogP contribution in [0.5, 0.6) is 0 Å². The lowest BCUT2D eigenvalue weighted by molar-refractivity contribution is -0.134. The van der Waals surface area contributed by atoms with Gasteiger partial charge in [-0.3, -0.25) is 9.69 Å². The molecule has 4 nitrogen and oxygen atoms in total. The summed E-state index contributed by atoms with van der Waals surface area (Å²) in [6, 6.07) is 15.1. The van der Waals surface area contributed by atoms with Gasteiger partial charge in [0.05, 0.1) is 6.54 Å². The van der Waals surface area contributed by atoms with E-state index in [1.807, 2.05) is 17.0 Å². The number of carbonyl (C=O) groups is 1. The van der Waals surface area contributed by atoms with Crippen molar-refractivity contribution in [3.05, 3.63) is 71.0 Å². The van der Waals surface area contributed by atoms with Crippen LogP contribution in [0.1, 0.15) is 22.7 Å². The lowest BCUT2D eigenvalue weighted by Gasteiger charge is -2.38. The first kappa shape index (κ1) is 17.2. The Morgan fingerprint density at radius 2 is 1.96 bits per heavy atom. The summed E-state index contributed by atoms with van der Waals surface area (Å²) in [7, 11) is 0. The second-order valence-electron chi connectivity index (χ2n) is 7.08. The van der Waals surface area contributed by atoms with E-state index >= 15 is 0 Å². The van der Waals surface area contributed by atoms with Gasteiger partial charge < -0.3 is 10.2 Å². The number of hydrogen-bond acceptors (Lipinski definition) is 3. The van der Waals surface area contributed by atoms with Crippen LogP contribution in [0.2, 0.25) is 0 Å². The average Bonchev–Trinajstić information content (AvgIpc) is 2.68. The molecule has 26 heavy (non-hydrogen) atoms. The number of amides is 1. The van der Waals surface area contributed by atoms with Crippen LogP contribution >= 0.6 is 0 Å². The minimum Gasteiger partial charge on any atom is -0.337 e. The molecule has 136 valence electrons. The highest BCUT2D eigenvalue weighted by molar-refractivity contribution is 5.78. The maximum Gasteiger partial charge on any atom is 0.237 e. The average molecular weight is 353 g/mol. The maximum atomic E-state index is 13.6. The van der Waals surface area contributed by atoms with Crippen molar-refractivity contribution in [3.8, 4) is 0 Å². The topological polar surface area (TPSA) is 35.6 Å². The molecular weight excluding hydrogens is 329 g/mol. The molecule has 2 aromatic rings. The molecule has 1 atom stereocenters. The van der Waals surface area contributed by atoms with E-state index in [-0.39, 0.29) is 17.8 Å². The van der Waals surface area contributed by atoms with Crippen LogP contribution in [0, 0.1) is 5.82 Å². The molecule has 1 fully saturated rings. The van der Waals surface area contributed by atoms with Gasteiger partial charge in [0.25, 0.3) is 0 Å². The van der Waals surface area contributed by atoms with Gasteiger partial charge in [-0.2, -0.15) is 0 Å². The van der Waals surface area contributed by atoms with E-state index in [1.165, 1.54) is 17.2 Å². The fourth-order valence-corrected chi connectivity index (χ4v) is 3.96. The molecule has 1 amide bonds. The third kappa shape index (κ3) is 3.64. The molecule has 5 heteroatoms. The summed E-state index contributed by atoms with van der Waals surface area (Å²) >= 11 is 0. The maximum absolute atomic E-state index is 13.6. The van der Waals surface area contributed by atoms with Crippen LogP contribution in [0.3, 0.4) is 0 Å². The molecule has 2 aromatic carbocycles. The number of benzene rings is 2. The highest BCUT2D eigenvalue weighted by Gasteiger charge is 2.28. The van der Waals surface area contributed by atoms with E-state index in [1.54, 1.807) is 12.1 Å². The predicted molar refractivity (Wildman–Crippen MR) is 99.1 cm³/mol. The number of nitrogens with zero attached hydrogens (tertiary/aromatic N) is 2. The van der Waals surface area contributed by atoms with E-state index < -0.39 is 0 Å². The van der Waals surface area contributed by atoms with E-state index in [9.17, 15) is 9.18 Å². The van der Waals surface area contributed by atoms with Crippen LogP contribution in [0.4, 0.5) is 4.39 Å². The van der Waals surface area contributed by atoms with Gasteiger partial charge >= 0.3 is 0 Å². The molecule has 0 aromatic heterocycles. The summed E-state index contributed by atoms with van der Waals surface area (Å²) in [6.07, 6.45) is 0.913. The number of nitrogens with one attached hydrogen (secondary N) is 1. The summed E-state index contributed by atoms with van der Waals surface area (Å²) in [5, 5.41) is 3.36. The molecule has 0 aliphatic carbocycles. The summed E-state index contributed by atoms with van der Waals surface area (Å²) in [6.45, 7) is 4.21. The second kappa shape index (κ2) is 7.56. The van der Waals surface area contributed by atoms with Crippen molar-refractivity contribution in [1.82, 2.24) is 15.1 Å². The number of piperazine rings is 1. The number of fused-ring (bicyclic) bond motifs is 1. The fraction of sp³-hybridized carbons (Fsp3) is 0.381. The van der Waals surface area contributed by atoms with Crippen molar-refractivity contribution in [1.29, 1.82) is 0 Å². The van der Waals surface area contributed by atoms with Gasteiger partial charge in [0.2, 0.25) is 5.91 Å². The van der Waals surface area contributed by atoms with E-state index in [0.29, 0.717) is 13.1 Å². The van der Waals surface area contributed by atoms with Gasteiger partial charge in [0.1, 0.15) is 5.82 Å². The molecule has 2 heterocycles. The lowest BCUT2D eigenvalue weighted by Crippen LogP contribution is -2.50. The van der Waals surface area contributed by atoms with Crippen LogP contribution < -0.4 is 5.32 Å². The molecule has 0 saturated carbocycles. The first-order chi connectivity index (χ1) is 12.7. The number of rotatable bonds is 3. The molecule has 2 aliphatic rings. The molecule has 1 unspecified atom stereocenters. The van der Waals surface area contributed by atoms with Crippen LogP contribution in [0.25, 0.3) is 0 Å². The van der Waals surface area contributed by atoms with Crippen molar-refractivity contribution in [3.63, 3.8) is 0 Å². The predicted octanol–water partition coefficient (Wildman–Crippen LogP) is 2.36. The molecule has 1 N–H and O–H groups in total. The molecular formula is C21H24FN3O. The van der Waals surface area contributed by atoms with Gasteiger partial charge in [-0.1, -0.05) is 36.4 Å². The number of halogens is 1.